The number of hydrogen-bond acceptors (Lipinski definition) is 5. The third kappa shape index (κ3) is 5.34. The van der Waals surface area contributed by atoms with E-state index in [9.17, 15) is 0 Å². The van der Waals surface area contributed by atoms with Gasteiger partial charge in [0, 0.05) is 17.4 Å². The third-order valence-corrected chi connectivity index (χ3v) is 4.44. The van der Waals surface area contributed by atoms with Gasteiger partial charge in [0.1, 0.15) is 0 Å². The van der Waals surface area contributed by atoms with Gasteiger partial charge in [0.2, 0.25) is 5.89 Å². The van der Waals surface area contributed by atoms with Crippen molar-refractivity contribution >= 4 is 23.4 Å². The summed E-state index contributed by atoms with van der Waals surface area (Å²) in [4.78, 5) is 5.45. The van der Waals surface area contributed by atoms with Crippen molar-refractivity contribution in [3.63, 3.8) is 0 Å². The molecule has 0 saturated heterocycles. The highest BCUT2D eigenvalue weighted by molar-refractivity contribution is 7.98. The molecule has 2 aromatic rings. The predicted octanol–water partition coefficient (Wildman–Crippen LogP) is 3.95. The summed E-state index contributed by atoms with van der Waals surface area (Å²) in [6.45, 7) is 5.28. The molecule has 4 nitrogen and oxygen atoms in total. The van der Waals surface area contributed by atoms with Crippen LogP contribution in [0.5, 0.6) is 0 Å². The van der Waals surface area contributed by atoms with Gasteiger partial charge in [-0.25, -0.2) is 0 Å². The Labute approximate surface area is 134 Å². The molecule has 0 aliphatic carbocycles. The quantitative estimate of drug-likeness (QED) is 0.745. The van der Waals surface area contributed by atoms with Crippen LogP contribution in [0.1, 0.15) is 32.0 Å². The second-order valence-electron chi connectivity index (χ2n) is 4.88. The fraction of sp³-hybridized carbons (Fsp3) is 0.467. The average molecular weight is 326 g/mol. The van der Waals surface area contributed by atoms with Crippen molar-refractivity contribution in [1.82, 2.24) is 15.5 Å². The van der Waals surface area contributed by atoms with Gasteiger partial charge in [-0.1, -0.05) is 35.8 Å². The summed E-state index contributed by atoms with van der Waals surface area (Å²) in [5, 5.41) is 8.17. The van der Waals surface area contributed by atoms with E-state index in [-0.39, 0.29) is 0 Å². The topological polar surface area (TPSA) is 51.0 Å². The maximum atomic E-state index is 6.12. The van der Waals surface area contributed by atoms with E-state index in [1.54, 1.807) is 11.8 Å². The Morgan fingerprint density at radius 2 is 2.19 bits per heavy atom. The van der Waals surface area contributed by atoms with E-state index in [1.807, 2.05) is 24.3 Å². The Morgan fingerprint density at radius 3 is 2.95 bits per heavy atom. The lowest BCUT2D eigenvalue weighted by Gasteiger charge is -2.09. The number of hydrogen-bond donors (Lipinski definition) is 1. The van der Waals surface area contributed by atoms with Crippen LogP contribution < -0.4 is 5.32 Å². The number of nitrogens with one attached hydrogen (secondary N) is 1. The molecular formula is C15H20ClN3OS. The first kappa shape index (κ1) is 16.3. The first-order valence-electron chi connectivity index (χ1n) is 7.11. The maximum Gasteiger partial charge on any atom is 0.228 e. The summed E-state index contributed by atoms with van der Waals surface area (Å²) < 4.78 is 5.29. The number of thioether (sulfide) groups is 1. The molecule has 0 spiro atoms. The molecule has 1 atom stereocenters. The molecule has 0 saturated carbocycles. The Balaban J connectivity index is 1.84. The summed E-state index contributed by atoms with van der Waals surface area (Å²) in [5.41, 5.74) is 0. The first-order chi connectivity index (χ1) is 10.2. The van der Waals surface area contributed by atoms with E-state index in [0.717, 1.165) is 29.3 Å². The zero-order valence-electron chi connectivity index (χ0n) is 12.3. The molecule has 1 N–H and O–H groups in total. The fourth-order valence-electron chi connectivity index (χ4n) is 1.86. The lowest BCUT2D eigenvalue weighted by Crippen LogP contribution is -2.28. The van der Waals surface area contributed by atoms with Crippen molar-refractivity contribution in [3.8, 4) is 0 Å². The summed E-state index contributed by atoms with van der Waals surface area (Å²) in [6, 6.07) is 8.10. The molecule has 114 valence electrons. The van der Waals surface area contributed by atoms with Crippen LogP contribution in [-0.2, 0) is 12.2 Å². The SMILES string of the molecule is CCCNC(C)Cc1nc(CSc2ccccc2Cl)no1. The molecule has 0 aliphatic heterocycles. The molecule has 0 radical (unpaired) electrons. The number of nitrogens with zero attached hydrogens (tertiary/aromatic N) is 2. The van der Waals surface area contributed by atoms with Crippen molar-refractivity contribution in [2.24, 2.45) is 0 Å². The summed E-state index contributed by atoms with van der Waals surface area (Å²) >= 11 is 7.73. The molecule has 0 amide bonds. The van der Waals surface area contributed by atoms with Crippen molar-refractivity contribution in [2.45, 2.75) is 43.4 Å². The molecule has 6 heteroatoms. The van der Waals surface area contributed by atoms with E-state index in [4.69, 9.17) is 16.1 Å². The van der Waals surface area contributed by atoms with Crippen LogP contribution in [0.3, 0.4) is 0 Å². The number of benzene rings is 1. The Morgan fingerprint density at radius 1 is 1.38 bits per heavy atom. The zero-order valence-corrected chi connectivity index (χ0v) is 13.9. The van der Waals surface area contributed by atoms with Gasteiger partial charge < -0.3 is 9.84 Å². The second kappa shape index (κ2) is 8.41. The second-order valence-corrected chi connectivity index (χ2v) is 6.31. The van der Waals surface area contributed by atoms with Crippen LogP contribution in [-0.4, -0.2) is 22.7 Å². The van der Waals surface area contributed by atoms with Gasteiger partial charge in [0.05, 0.1) is 10.8 Å². The highest BCUT2D eigenvalue weighted by atomic mass is 35.5. The highest BCUT2D eigenvalue weighted by Gasteiger charge is 2.11. The van der Waals surface area contributed by atoms with Gasteiger partial charge in [-0.2, -0.15) is 4.98 Å². The van der Waals surface area contributed by atoms with Crippen LogP contribution in [0.15, 0.2) is 33.7 Å². The van der Waals surface area contributed by atoms with Crippen LogP contribution in [0, 0.1) is 0 Å². The van der Waals surface area contributed by atoms with E-state index in [0.29, 0.717) is 23.5 Å². The molecule has 1 heterocycles. The molecular weight excluding hydrogens is 306 g/mol. The van der Waals surface area contributed by atoms with Crippen molar-refractivity contribution in [2.75, 3.05) is 6.54 Å². The largest absolute Gasteiger partial charge is 0.339 e. The number of rotatable bonds is 8. The van der Waals surface area contributed by atoms with Crippen molar-refractivity contribution in [1.29, 1.82) is 0 Å². The van der Waals surface area contributed by atoms with E-state index >= 15 is 0 Å². The summed E-state index contributed by atoms with van der Waals surface area (Å²) in [5.74, 6) is 2.04. The normalized spacial score (nSPS) is 12.5. The average Bonchev–Trinajstić information content (AvgIpc) is 2.92. The standard InChI is InChI=1S/C15H20ClN3OS/c1-3-8-17-11(2)9-15-18-14(19-20-15)10-21-13-7-5-4-6-12(13)16/h4-7,11,17H,3,8-10H2,1-2H3. The molecule has 0 aliphatic rings. The number of halogens is 1. The van der Waals surface area contributed by atoms with Crippen LogP contribution in [0.2, 0.25) is 5.02 Å². The lowest BCUT2D eigenvalue weighted by atomic mass is 10.2. The van der Waals surface area contributed by atoms with Gasteiger partial charge in [0.15, 0.2) is 5.82 Å². The Hall–Kier alpha value is -1.04. The predicted molar refractivity (Wildman–Crippen MR) is 86.8 cm³/mol. The first-order valence-corrected chi connectivity index (χ1v) is 8.47. The molecule has 0 bridgehead atoms. The van der Waals surface area contributed by atoms with Crippen LogP contribution in [0.4, 0.5) is 0 Å². The molecule has 1 unspecified atom stereocenters. The van der Waals surface area contributed by atoms with Crippen LogP contribution >= 0.6 is 23.4 Å². The molecule has 1 aromatic carbocycles. The van der Waals surface area contributed by atoms with Crippen molar-refractivity contribution in [3.05, 3.63) is 41.0 Å². The smallest absolute Gasteiger partial charge is 0.228 e. The minimum Gasteiger partial charge on any atom is -0.339 e. The zero-order chi connectivity index (χ0) is 15.1. The van der Waals surface area contributed by atoms with E-state index in [2.05, 4.69) is 29.3 Å². The molecule has 0 fully saturated rings. The summed E-state index contributed by atoms with van der Waals surface area (Å²) in [7, 11) is 0. The number of aromatic nitrogens is 2. The minimum absolute atomic E-state index is 0.342. The van der Waals surface area contributed by atoms with Crippen LogP contribution in [0.25, 0.3) is 0 Å². The van der Waals surface area contributed by atoms with E-state index in [1.165, 1.54) is 0 Å². The van der Waals surface area contributed by atoms with Gasteiger partial charge in [-0.05, 0) is 32.0 Å². The van der Waals surface area contributed by atoms with Gasteiger partial charge in [0.25, 0.3) is 0 Å². The minimum atomic E-state index is 0.342. The fourth-order valence-corrected chi connectivity index (χ4v) is 2.94. The molecule has 21 heavy (non-hydrogen) atoms. The van der Waals surface area contributed by atoms with Crippen molar-refractivity contribution < 1.29 is 4.52 Å². The monoisotopic (exact) mass is 325 g/mol. The third-order valence-electron chi connectivity index (χ3n) is 2.93. The molecule has 2 rings (SSSR count). The Kier molecular flexibility index (Phi) is 6.54. The Bertz CT molecular complexity index is 561. The highest BCUT2D eigenvalue weighted by Crippen LogP contribution is 2.28. The lowest BCUT2D eigenvalue weighted by molar-refractivity contribution is 0.358. The maximum absolute atomic E-state index is 6.12. The van der Waals surface area contributed by atoms with Gasteiger partial charge >= 0.3 is 0 Å². The van der Waals surface area contributed by atoms with E-state index < -0.39 is 0 Å². The summed E-state index contributed by atoms with van der Waals surface area (Å²) in [6.07, 6.45) is 1.87. The van der Waals surface area contributed by atoms with Gasteiger partial charge in [-0.3, -0.25) is 0 Å². The molecule has 1 aromatic heterocycles. The van der Waals surface area contributed by atoms with Gasteiger partial charge in [-0.15, -0.1) is 11.8 Å².